The van der Waals surface area contributed by atoms with Gasteiger partial charge in [0.1, 0.15) is 11.4 Å². The number of nitrogens with zero attached hydrogens (tertiary/aromatic N) is 2. The topological polar surface area (TPSA) is 93.2 Å². The van der Waals surface area contributed by atoms with Gasteiger partial charge < -0.3 is 15.4 Å². The van der Waals surface area contributed by atoms with Gasteiger partial charge in [0.15, 0.2) is 5.13 Å². The molecular weight excluding hydrogens is 352 g/mol. The standard InChI is InChI=1S/C18H16N4O3S/c1-25-13-7-5-12(6-8-13)17(24)20-10-16(23)22-18-21-15(11-26-18)14-4-2-3-9-19-14/h2-9,11H,10H2,1H3,(H,20,24)(H,21,22,23). The van der Waals surface area contributed by atoms with E-state index in [9.17, 15) is 9.59 Å². The van der Waals surface area contributed by atoms with Crippen LogP contribution in [0.2, 0.25) is 0 Å². The molecule has 26 heavy (non-hydrogen) atoms. The second kappa shape index (κ2) is 8.21. The number of ether oxygens (including phenoxy) is 1. The Morgan fingerprint density at radius 1 is 1.12 bits per heavy atom. The Hall–Kier alpha value is -3.26. The van der Waals surface area contributed by atoms with Crippen LogP contribution < -0.4 is 15.4 Å². The maximum atomic E-state index is 12.0. The van der Waals surface area contributed by atoms with Crippen LogP contribution in [0.25, 0.3) is 11.4 Å². The lowest BCUT2D eigenvalue weighted by Gasteiger charge is -2.06. The Balaban J connectivity index is 1.52. The van der Waals surface area contributed by atoms with E-state index < -0.39 is 0 Å². The van der Waals surface area contributed by atoms with E-state index in [2.05, 4.69) is 20.6 Å². The molecule has 132 valence electrons. The van der Waals surface area contributed by atoms with Crippen molar-refractivity contribution in [1.29, 1.82) is 0 Å². The van der Waals surface area contributed by atoms with Gasteiger partial charge in [0, 0.05) is 17.1 Å². The molecule has 8 heteroatoms. The fraction of sp³-hybridized carbons (Fsp3) is 0.111. The van der Waals surface area contributed by atoms with Gasteiger partial charge in [0.25, 0.3) is 5.91 Å². The largest absolute Gasteiger partial charge is 0.497 e. The molecule has 0 bridgehead atoms. The fourth-order valence-corrected chi connectivity index (χ4v) is 2.85. The van der Waals surface area contributed by atoms with Gasteiger partial charge in [-0.3, -0.25) is 14.6 Å². The molecule has 3 rings (SSSR count). The monoisotopic (exact) mass is 368 g/mol. The molecule has 0 radical (unpaired) electrons. The van der Waals surface area contributed by atoms with Crippen LogP contribution in [-0.4, -0.2) is 35.4 Å². The summed E-state index contributed by atoms with van der Waals surface area (Å²) in [6.45, 7) is -0.149. The molecule has 0 saturated carbocycles. The van der Waals surface area contributed by atoms with E-state index >= 15 is 0 Å². The lowest BCUT2D eigenvalue weighted by molar-refractivity contribution is -0.115. The van der Waals surface area contributed by atoms with Gasteiger partial charge in [-0.2, -0.15) is 0 Å². The van der Waals surface area contributed by atoms with E-state index in [-0.39, 0.29) is 18.4 Å². The van der Waals surface area contributed by atoms with Crippen LogP contribution in [0.1, 0.15) is 10.4 Å². The molecule has 0 saturated heterocycles. The number of aromatic nitrogens is 2. The fourth-order valence-electron chi connectivity index (χ4n) is 2.13. The molecule has 0 atom stereocenters. The number of nitrogens with one attached hydrogen (secondary N) is 2. The van der Waals surface area contributed by atoms with Crippen molar-refractivity contribution < 1.29 is 14.3 Å². The lowest BCUT2D eigenvalue weighted by Crippen LogP contribution is -2.32. The zero-order valence-corrected chi connectivity index (χ0v) is 14.7. The van der Waals surface area contributed by atoms with Crippen LogP contribution in [0, 0.1) is 0 Å². The summed E-state index contributed by atoms with van der Waals surface area (Å²) >= 11 is 1.30. The molecule has 1 aromatic carbocycles. The molecule has 0 unspecified atom stereocenters. The summed E-state index contributed by atoms with van der Waals surface area (Å²) in [5.74, 6) is -0.0309. The molecule has 7 nitrogen and oxygen atoms in total. The molecular formula is C18H16N4O3S. The maximum absolute atomic E-state index is 12.0. The molecule has 3 aromatic rings. The van der Waals surface area contributed by atoms with Crippen molar-refractivity contribution in [3.05, 3.63) is 59.6 Å². The predicted molar refractivity (Wildman–Crippen MR) is 99.3 cm³/mol. The first kappa shape index (κ1) is 17.6. The smallest absolute Gasteiger partial charge is 0.251 e. The number of pyridine rings is 1. The molecule has 0 aliphatic rings. The third kappa shape index (κ3) is 4.42. The van der Waals surface area contributed by atoms with Crippen LogP contribution in [-0.2, 0) is 4.79 Å². The Kier molecular flexibility index (Phi) is 5.55. The van der Waals surface area contributed by atoms with Crippen LogP contribution >= 0.6 is 11.3 Å². The Bertz CT molecular complexity index is 894. The predicted octanol–water partition coefficient (Wildman–Crippen LogP) is 2.58. The quantitative estimate of drug-likeness (QED) is 0.698. The first-order chi connectivity index (χ1) is 12.7. The van der Waals surface area contributed by atoms with Crippen molar-refractivity contribution >= 4 is 28.3 Å². The summed E-state index contributed by atoms with van der Waals surface area (Å²) in [6, 6.07) is 12.2. The minimum atomic E-state index is -0.353. The van der Waals surface area contributed by atoms with Crippen LogP contribution in [0.5, 0.6) is 5.75 Å². The molecule has 2 aromatic heterocycles. The van der Waals surface area contributed by atoms with E-state index in [1.54, 1.807) is 37.6 Å². The highest BCUT2D eigenvalue weighted by Crippen LogP contribution is 2.22. The normalized spacial score (nSPS) is 10.2. The Morgan fingerprint density at radius 3 is 2.62 bits per heavy atom. The van der Waals surface area contributed by atoms with Gasteiger partial charge in [-0.05, 0) is 36.4 Å². The minimum absolute atomic E-state index is 0.149. The highest BCUT2D eigenvalue weighted by molar-refractivity contribution is 7.14. The molecule has 2 heterocycles. The van der Waals surface area contributed by atoms with Crippen molar-refractivity contribution in [3.63, 3.8) is 0 Å². The number of carbonyl (C=O) groups excluding carboxylic acids is 2. The van der Waals surface area contributed by atoms with Crippen LogP contribution in [0.15, 0.2) is 54.0 Å². The Labute approximate surface area is 154 Å². The number of hydrogen-bond acceptors (Lipinski definition) is 6. The van der Waals surface area contributed by atoms with Crippen molar-refractivity contribution in [2.24, 2.45) is 0 Å². The summed E-state index contributed by atoms with van der Waals surface area (Å²) in [6.07, 6.45) is 1.68. The van der Waals surface area contributed by atoms with E-state index in [0.29, 0.717) is 22.1 Å². The number of anilines is 1. The average molecular weight is 368 g/mol. The number of rotatable bonds is 6. The first-order valence-corrected chi connectivity index (χ1v) is 8.62. The highest BCUT2D eigenvalue weighted by atomic mass is 32.1. The van der Waals surface area contributed by atoms with Crippen molar-refractivity contribution in [2.75, 3.05) is 19.0 Å². The molecule has 2 N–H and O–H groups in total. The van der Waals surface area contributed by atoms with Gasteiger partial charge in [-0.15, -0.1) is 11.3 Å². The van der Waals surface area contributed by atoms with E-state index in [1.165, 1.54) is 11.3 Å². The summed E-state index contributed by atoms with van der Waals surface area (Å²) in [7, 11) is 1.55. The van der Waals surface area contributed by atoms with Gasteiger partial charge >= 0.3 is 0 Å². The third-order valence-electron chi connectivity index (χ3n) is 3.44. The van der Waals surface area contributed by atoms with Gasteiger partial charge in [0.2, 0.25) is 5.91 Å². The van der Waals surface area contributed by atoms with E-state index in [1.807, 2.05) is 23.6 Å². The van der Waals surface area contributed by atoms with Crippen molar-refractivity contribution in [1.82, 2.24) is 15.3 Å². The summed E-state index contributed by atoms with van der Waals surface area (Å²) in [5.41, 5.74) is 1.87. The summed E-state index contributed by atoms with van der Waals surface area (Å²) in [4.78, 5) is 32.6. The number of hydrogen-bond donors (Lipinski definition) is 2. The number of thiazole rings is 1. The van der Waals surface area contributed by atoms with Gasteiger partial charge in [-0.1, -0.05) is 6.07 Å². The average Bonchev–Trinajstić information content (AvgIpc) is 3.15. The van der Waals surface area contributed by atoms with Gasteiger partial charge in [-0.25, -0.2) is 4.98 Å². The van der Waals surface area contributed by atoms with E-state index in [4.69, 9.17) is 4.74 Å². The molecule has 0 aliphatic heterocycles. The zero-order chi connectivity index (χ0) is 18.4. The van der Waals surface area contributed by atoms with Crippen molar-refractivity contribution in [2.45, 2.75) is 0 Å². The first-order valence-electron chi connectivity index (χ1n) is 7.75. The zero-order valence-electron chi connectivity index (χ0n) is 13.9. The number of methoxy groups -OCH3 is 1. The summed E-state index contributed by atoms with van der Waals surface area (Å²) < 4.78 is 5.04. The molecule has 0 fully saturated rings. The lowest BCUT2D eigenvalue weighted by atomic mass is 10.2. The summed E-state index contributed by atoms with van der Waals surface area (Å²) in [5, 5.41) is 7.50. The van der Waals surface area contributed by atoms with Crippen LogP contribution in [0.3, 0.4) is 0 Å². The second-order valence-corrected chi connectivity index (χ2v) is 6.07. The second-order valence-electron chi connectivity index (χ2n) is 5.21. The number of carbonyl (C=O) groups is 2. The van der Waals surface area contributed by atoms with Crippen LogP contribution in [0.4, 0.5) is 5.13 Å². The van der Waals surface area contributed by atoms with E-state index in [0.717, 1.165) is 5.69 Å². The Morgan fingerprint density at radius 2 is 1.92 bits per heavy atom. The molecule has 2 amide bonds. The van der Waals surface area contributed by atoms with Crippen molar-refractivity contribution in [3.8, 4) is 17.1 Å². The maximum Gasteiger partial charge on any atom is 0.251 e. The molecule has 0 aliphatic carbocycles. The van der Waals surface area contributed by atoms with Gasteiger partial charge in [0.05, 0.1) is 19.3 Å². The number of amides is 2. The third-order valence-corrected chi connectivity index (χ3v) is 4.20. The minimum Gasteiger partial charge on any atom is -0.497 e. The highest BCUT2D eigenvalue weighted by Gasteiger charge is 2.11. The number of benzene rings is 1. The molecule has 0 spiro atoms. The SMILES string of the molecule is COc1ccc(C(=O)NCC(=O)Nc2nc(-c3ccccn3)cs2)cc1.